The summed E-state index contributed by atoms with van der Waals surface area (Å²) < 4.78 is 13.3. The summed E-state index contributed by atoms with van der Waals surface area (Å²) in [6.07, 6.45) is 3.25. The number of benzene rings is 1. The van der Waals surface area contributed by atoms with Crippen LogP contribution in [-0.4, -0.2) is 45.2 Å². The maximum atomic E-state index is 10.9. The number of para-hydroxylation sites is 2. The lowest BCUT2D eigenvalue weighted by atomic mass is 10.1. The number of imidazole rings is 1. The number of nitrogens with zero attached hydrogens (tertiary/aromatic N) is 4. The summed E-state index contributed by atoms with van der Waals surface area (Å²) in [6, 6.07) is 7.74. The van der Waals surface area contributed by atoms with Crippen LogP contribution in [0.1, 0.15) is 25.6 Å². The molecular formula is C18H24N4O4. The molecule has 0 N–H and O–H groups in total. The number of aromatic nitrogens is 2. The molecule has 0 unspecified atom stereocenters. The largest absolute Gasteiger partial charge is 0.490 e. The van der Waals surface area contributed by atoms with Crippen LogP contribution in [0.4, 0.5) is 5.82 Å². The van der Waals surface area contributed by atoms with Gasteiger partial charge in [0.2, 0.25) is 5.82 Å². The first-order chi connectivity index (χ1) is 12.6. The standard InChI is InChI=1S/C18H24N4O4/c1-3-25-15-6-4-5-7-16(15)26-14-8-10-21(11-9-14)13-17-19-12-18(20(17)2)22(23)24/h4-7,12,14H,3,8-11,13H2,1-2H3. The first kappa shape index (κ1) is 18.2. The smallest absolute Gasteiger partial charge is 0.342 e. The van der Waals surface area contributed by atoms with E-state index in [1.54, 1.807) is 11.6 Å². The van der Waals surface area contributed by atoms with Crippen molar-refractivity contribution in [3.63, 3.8) is 0 Å². The van der Waals surface area contributed by atoms with E-state index < -0.39 is 4.92 Å². The van der Waals surface area contributed by atoms with E-state index in [1.165, 1.54) is 6.20 Å². The fraction of sp³-hybridized carbons (Fsp3) is 0.500. The van der Waals surface area contributed by atoms with E-state index in [0.29, 0.717) is 19.0 Å². The van der Waals surface area contributed by atoms with Crippen LogP contribution in [0.5, 0.6) is 11.5 Å². The molecule has 1 saturated heterocycles. The van der Waals surface area contributed by atoms with Gasteiger partial charge < -0.3 is 19.6 Å². The molecule has 2 heterocycles. The molecule has 2 aromatic rings. The van der Waals surface area contributed by atoms with E-state index in [1.807, 2.05) is 31.2 Å². The van der Waals surface area contributed by atoms with Gasteiger partial charge in [-0.15, -0.1) is 0 Å². The Hall–Kier alpha value is -2.61. The molecule has 0 bridgehead atoms. The molecule has 0 radical (unpaired) electrons. The second-order valence-corrected chi connectivity index (χ2v) is 6.32. The first-order valence-corrected chi connectivity index (χ1v) is 8.84. The SMILES string of the molecule is CCOc1ccccc1OC1CCN(Cc2ncc([N+](=O)[O-])n2C)CC1. The number of ether oxygens (including phenoxy) is 2. The van der Waals surface area contributed by atoms with Gasteiger partial charge in [-0.1, -0.05) is 12.1 Å². The summed E-state index contributed by atoms with van der Waals surface area (Å²) in [6.45, 7) is 4.89. The molecule has 0 spiro atoms. The lowest BCUT2D eigenvalue weighted by molar-refractivity contribution is -0.391. The van der Waals surface area contributed by atoms with Crippen molar-refractivity contribution in [2.75, 3.05) is 19.7 Å². The lowest BCUT2D eigenvalue weighted by Crippen LogP contribution is -2.38. The van der Waals surface area contributed by atoms with E-state index in [0.717, 1.165) is 37.4 Å². The van der Waals surface area contributed by atoms with Gasteiger partial charge in [0.25, 0.3) is 0 Å². The van der Waals surface area contributed by atoms with Crippen LogP contribution >= 0.6 is 0 Å². The minimum atomic E-state index is -0.410. The molecule has 0 aliphatic carbocycles. The normalized spacial score (nSPS) is 15.8. The topological polar surface area (TPSA) is 82.7 Å². The zero-order valence-electron chi connectivity index (χ0n) is 15.1. The lowest BCUT2D eigenvalue weighted by Gasteiger charge is -2.31. The van der Waals surface area contributed by atoms with Gasteiger partial charge in [0.15, 0.2) is 11.5 Å². The Morgan fingerprint density at radius 3 is 2.58 bits per heavy atom. The van der Waals surface area contributed by atoms with Crippen molar-refractivity contribution in [1.82, 2.24) is 14.5 Å². The minimum Gasteiger partial charge on any atom is -0.490 e. The predicted molar refractivity (Wildman–Crippen MR) is 96.4 cm³/mol. The molecule has 1 aromatic heterocycles. The molecule has 0 saturated carbocycles. The fourth-order valence-corrected chi connectivity index (χ4v) is 3.14. The second-order valence-electron chi connectivity index (χ2n) is 6.32. The van der Waals surface area contributed by atoms with Crippen molar-refractivity contribution in [2.24, 2.45) is 7.05 Å². The number of piperidine rings is 1. The molecule has 1 aliphatic heterocycles. The summed E-state index contributed by atoms with van der Waals surface area (Å²) in [5, 5.41) is 10.9. The summed E-state index contributed by atoms with van der Waals surface area (Å²) >= 11 is 0. The van der Waals surface area contributed by atoms with Crippen LogP contribution in [0.15, 0.2) is 30.5 Å². The highest BCUT2D eigenvalue weighted by molar-refractivity contribution is 5.39. The van der Waals surface area contributed by atoms with Crippen molar-refractivity contribution in [3.05, 3.63) is 46.4 Å². The minimum absolute atomic E-state index is 0.0192. The van der Waals surface area contributed by atoms with E-state index in [4.69, 9.17) is 9.47 Å². The molecule has 0 amide bonds. The number of nitro groups is 1. The van der Waals surface area contributed by atoms with Crippen LogP contribution in [0.2, 0.25) is 0 Å². The molecule has 26 heavy (non-hydrogen) atoms. The first-order valence-electron chi connectivity index (χ1n) is 8.84. The van der Waals surface area contributed by atoms with Crippen molar-refractivity contribution in [1.29, 1.82) is 0 Å². The average molecular weight is 360 g/mol. The number of rotatable bonds is 7. The van der Waals surface area contributed by atoms with Gasteiger partial charge in [-0.3, -0.25) is 4.90 Å². The summed E-state index contributed by atoms with van der Waals surface area (Å²) in [5.74, 6) is 2.29. The van der Waals surface area contributed by atoms with Crippen molar-refractivity contribution >= 4 is 5.82 Å². The van der Waals surface area contributed by atoms with Gasteiger partial charge >= 0.3 is 5.82 Å². The van der Waals surface area contributed by atoms with Crippen LogP contribution in [0.25, 0.3) is 0 Å². The molecule has 8 nitrogen and oxygen atoms in total. The molecule has 1 aliphatic rings. The summed E-state index contributed by atoms with van der Waals surface area (Å²) in [5.41, 5.74) is 0. The molecule has 1 aromatic carbocycles. The third kappa shape index (κ3) is 4.13. The van der Waals surface area contributed by atoms with Crippen molar-refractivity contribution in [3.8, 4) is 11.5 Å². The van der Waals surface area contributed by atoms with E-state index in [2.05, 4.69) is 9.88 Å². The third-order valence-electron chi connectivity index (χ3n) is 4.59. The zero-order valence-corrected chi connectivity index (χ0v) is 15.1. The average Bonchev–Trinajstić information content (AvgIpc) is 2.99. The molecule has 0 atom stereocenters. The molecule has 140 valence electrons. The maximum Gasteiger partial charge on any atom is 0.342 e. The Kier molecular flexibility index (Phi) is 5.72. The highest BCUT2D eigenvalue weighted by atomic mass is 16.6. The number of likely N-dealkylation sites (tertiary alicyclic amines) is 1. The van der Waals surface area contributed by atoms with Crippen LogP contribution in [0, 0.1) is 10.1 Å². The zero-order chi connectivity index (χ0) is 18.5. The highest BCUT2D eigenvalue weighted by Crippen LogP contribution is 2.29. The molecular weight excluding hydrogens is 336 g/mol. The molecule has 3 rings (SSSR count). The molecule has 8 heteroatoms. The maximum absolute atomic E-state index is 10.9. The Bertz CT molecular complexity index is 753. The Morgan fingerprint density at radius 2 is 1.96 bits per heavy atom. The third-order valence-corrected chi connectivity index (χ3v) is 4.59. The Labute approximate surface area is 152 Å². The van der Waals surface area contributed by atoms with Crippen LogP contribution in [-0.2, 0) is 13.6 Å². The van der Waals surface area contributed by atoms with Crippen LogP contribution in [0.3, 0.4) is 0 Å². The number of hydrogen-bond acceptors (Lipinski definition) is 6. The highest BCUT2D eigenvalue weighted by Gasteiger charge is 2.25. The second kappa shape index (κ2) is 8.18. The Balaban J connectivity index is 1.54. The van der Waals surface area contributed by atoms with Gasteiger partial charge in [0, 0.05) is 13.1 Å². The number of hydrogen-bond donors (Lipinski definition) is 0. The summed E-state index contributed by atoms with van der Waals surface area (Å²) in [4.78, 5) is 16.9. The molecule has 1 fully saturated rings. The summed E-state index contributed by atoms with van der Waals surface area (Å²) in [7, 11) is 1.68. The quantitative estimate of drug-likeness (QED) is 0.558. The Morgan fingerprint density at radius 1 is 1.27 bits per heavy atom. The fourth-order valence-electron chi connectivity index (χ4n) is 3.14. The van der Waals surface area contributed by atoms with E-state index in [-0.39, 0.29) is 11.9 Å². The van der Waals surface area contributed by atoms with E-state index >= 15 is 0 Å². The predicted octanol–water partition coefficient (Wildman–Crippen LogP) is 2.77. The van der Waals surface area contributed by atoms with Gasteiger partial charge in [-0.2, -0.15) is 0 Å². The van der Waals surface area contributed by atoms with Gasteiger partial charge in [-0.05, 0) is 36.8 Å². The van der Waals surface area contributed by atoms with Gasteiger partial charge in [-0.25, -0.2) is 9.55 Å². The van der Waals surface area contributed by atoms with Crippen molar-refractivity contribution in [2.45, 2.75) is 32.4 Å². The van der Waals surface area contributed by atoms with E-state index in [9.17, 15) is 10.1 Å². The van der Waals surface area contributed by atoms with Gasteiger partial charge in [0.05, 0.1) is 20.2 Å². The van der Waals surface area contributed by atoms with Crippen LogP contribution < -0.4 is 9.47 Å². The monoisotopic (exact) mass is 360 g/mol. The van der Waals surface area contributed by atoms with Crippen molar-refractivity contribution < 1.29 is 14.4 Å². The van der Waals surface area contributed by atoms with Gasteiger partial charge in [0.1, 0.15) is 12.3 Å².